The number of hydrogen-bond donors (Lipinski definition) is 1. The van der Waals surface area contributed by atoms with Crippen LogP contribution in [0.1, 0.15) is 33.3 Å². The fourth-order valence-electron chi connectivity index (χ4n) is 2.37. The molecular weight excluding hydrogens is 353 g/mol. The largest absolute Gasteiger partial charge is 0.477 e. The van der Waals surface area contributed by atoms with Gasteiger partial charge in [0.15, 0.2) is 5.13 Å². The number of rotatable bonds is 6. The van der Waals surface area contributed by atoms with Crippen molar-refractivity contribution in [2.75, 3.05) is 11.9 Å². The number of nitrogens with zero attached hydrogens (tertiary/aromatic N) is 2. The van der Waals surface area contributed by atoms with Gasteiger partial charge in [0.2, 0.25) is 5.88 Å². The van der Waals surface area contributed by atoms with E-state index in [0.717, 1.165) is 10.4 Å². The van der Waals surface area contributed by atoms with Crippen LogP contribution in [0.25, 0.3) is 0 Å². The first-order chi connectivity index (χ1) is 12.6. The van der Waals surface area contributed by atoms with Crippen LogP contribution in [0.5, 0.6) is 5.88 Å². The second-order valence-electron chi connectivity index (χ2n) is 5.64. The number of halogens is 1. The average molecular weight is 371 g/mol. The Kier molecular flexibility index (Phi) is 5.58. The van der Waals surface area contributed by atoms with E-state index in [0.29, 0.717) is 35.2 Å². The summed E-state index contributed by atoms with van der Waals surface area (Å²) in [7, 11) is 0. The third-order valence-electron chi connectivity index (χ3n) is 3.69. The molecule has 0 radical (unpaired) electrons. The number of amides is 1. The Hall–Kier alpha value is -2.80. The Labute approximate surface area is 154 Å². The van der Waals surface area contributed by atoms with Crippen molar-refractivity contribution < 1.29 is 13.9 Å². The van der Waals surface area contributed by atoms with Gasteiger partial charge in [-0.1, -0.05) is 12.1 Å². The molecule has 2 aromatic heterocycles. The molecule has 1 amide bonds. The second-order valence-corrected chi connectivity index (χ2v) is 6.75. The highest BCUT2D eigenvalue weighted by Gasteiger charge is 2.15. The molecule has 1 N–H and O–H groups in total. The highest BCUT2D eigenvalue weighted by molar-refractivity contribution is 7.15. The molecule has 0 bridgehead atoms. The predicted octanol–water partition coefficient (Wildman–Crippen LogP) is 4.23. The zero-order valence-electron chi connectivity index (χ0n) is 14.5. The van der Waals surface area contributed by atoms with E-state index < -0.39 is 0 Å². The maximum Gasteiger partial charge on any atom is 0.262 e. The van der Waals surface area contributed by atoms with Gasteiger partial charge in [-0.15, -0.1) is 11.3 Å². The Bertz CT molecular complexity index is 927. The lowest BCUT2D eigenvalue weighted by atomic mass is 10.1. The molecule has 134 valence electrons. The van der Waals surface area contributed by atoms with Crippen molar-refractivity contribution in [3.8, 4) is 5.88 Å². The van der Waals surface area contributed by atoms with Crippen molar-refractivity contribution in [1.82, 2.24) is 9.97 Å². The van der Waals surface area contributed by atoms with Crippen molar-refractivity contribution in [3.05, 3.63) is 70.1 Å². The summed E-state index contributed by atoms with van der Waals surface area (Å²) in [4.78, 5) is 21.7. The Balaban J connectivity index is 1.70. The minimum Gasteiger partial charge on any atom is -0.477 e. The van der Waals surface area contributed by atoms with Crippen LogP contribution in [-0.4, -0.2) is 22.5 Å². The van der Waals surface area contributed by atoms with Crippen LogP contribution >= 0.6 is 11.3 Å². The molecule has 0 fully saturated rings. The maximum absolute atomic E-state index is 13.7. The molecule has 0 saturated carbocycles. The lowest BCUT2D eigenvalue weighted by Crippen LogP contribution is -2.14. The minimum atomic E-state index is -0.330. The summed E-state index contributed by atoms with van der Waals surface area (Å²) in [6.45, 7) is 3.98. The van der Waals surface area contributed by atoms with Crippen LogP contribution < -0.4 is 10.1 Å². The number of carbonyl (C=O) groups excluding carboxylic acids is 1. The summed E-state index contributed by atoms with van der Waals surface area (Å²) in [6, 6.07) is 8.50. The summed E-state index contributed by atoms with van der Waals surface area (Å²) in [5.41, 5.74) is 1.83. The van der Waals surface area contributed by atoms with Crippen LogP contribution in [0.4, 0.5) is 9.52 Å². The number of aromatic nitrogens is 2. The maximum atomic E-state index is 13.7. The van der Waals surface area contributed by atoms with Crippen molar-refractivity contribution in [2.45, 2.75) is 20.3 Å². The Morgan fingerprint density at radius 1 is 1.31 bits per heavy atom. The standard InChI is InChI=1S/C19H18FN3O2S/c1-3-25-18-15(5-4-8-21-18)17(24)23-19-22-11-14(26-19)9-13-7-6-12(2)16(20)10-13/h4-8,10-11H,3,9H2,1-2H3,(H,22,23,24). The molecule has 0 unspecified atom stereocenters. The molecule has 0 spiro atoms. The third-order valence-corrected chi connectivity index (χ3v) is 4.60. The van der Waals surface area contributed by atoms with Gasteiger partial charge in [0.05, 0.1) is 6.61 Å². The first kappa shape index (κ1) is 18.0. The molecule has 5 nitrogen and oxygen atoms in total. The number of aryl methyl sites for hydroxylation is 1. The lowest BCUT2D eigenvalue weighted by molar-refractivity contribution is 0.102. The van der Waals surface area contributed by atoms with Crippen molar-refractivity contribution in [3.63, 3.8) is 0 Å². The summed E-state index contributed by atoms with van der Waals surface area (Å²) >= 11 is 1.35. The van der Waals surface area contributed by atoms with Crippen molar-refractivity contribution in [2.24, 2.45) is 0 Å². The summed E-state index contributed by atoms with van der Waals surface area (Å²) < 4.78 is 19.0. The molecule has 2 heterocycles. The molecule has 3 rings (SSSR count). The van der Waals surface area contributed by atoms with Crippen molar-refractivity contribution >= 4 is 22.4 Å². The first-order valence-corrected chi connectivity index (χ1v) is 8.97. The number of thiazole rings is 1. The van der Waals surface area contributed by atoms with Crippen LogP contribution in [-0.2, 0) is 6.42 Å². The summed E-state index contributed by atoms with van der Waals surface area (Å²) in [5.74, 6) is -0.260. The van der Waals surface area contributed by atoms with Gasteiger partial charge in [0.1, 0.15) is 11.4 Å². The number of hydrogen-bond acceptors (Lipinski definition) is 5. The molecule has 0 aliphatic rings. The number of pyridine rings is 1. The average Bonchev–Trinajstić information content (AvgIpc) is 3.06. The molecule has 7 heteroatoms. The number of ether oxygens (including phenoxy) is 1. The molecule has 0 saturated heterocycles. The van der Waals surface area contributed by atoms with E-state index in [1.54, 1.807) is 37.5 Å². The van der Waals surface area contributed by atoms with E-state index in [-0.39, 0.29) is 11.7 Å². The van der Waals surface area contributed by atoms with E-state index in [2.05, 4.69) is 15.3 Å². The van der Waals surface area contributed by atoms with Crippen LogP contribution in [0.3, 0.4) is 0 Å². The van der Waals surface area contributed by atoms with Gasteiger partial charge in [-0.2, -0.15) is 0 Å². The van der Waals surface area contributed by atoms with Crippen LogP contribution in [0, 0.1) is 12.7 Å². The molecule has 26 heavy (non-hydrogen) atoms. The highest BCUT2D eigenvalue weighted by atomic mass is 32.1. The molecule has 0 atom stereocenters. The number of nitrogens with one attached hydrogen (secondary N) is 1. The van der Waals surface area contributed by atoms with Crippen molar-refractivity contribution in [1.29, 1.82) is 0 Å². The van der Waals surface area contributed by atoms with Crippen LogP contribution in [0.15, 0.2) is 42.7 Å². The van der Waals surface area contributed by atoms with Gasteiger partial charge in [0.25, 0.3) is 5.91 Å². The minimum absolute atomic E-state index is 0.222. The molecule has 0 aliphatic carbocycles. The predicted molar refractivity (Wildman–Crippen MR) is 99.4 cm³/mol. The monoisotopic (exact) mass is 371 g/mol. The highest BCUT2D eigenvalue weighted by Crippen LogP contribution is 2.24. The van der Waals surface area contributed by atoms with Gasteiger partial charge in [-0.05, 0) is 43.2 Å². The first-order valence-electron chi connectivity index (χ1n) is 8.15. The fraction of sp³-hybridized carbons (Fsp3) is 0.211. The van der Waals surface area contributed by atoms with E-state index in [1.165, 1.54) is 17.4 Å². The SMILES string of the molecule is CCOc1ncccc1C(=O)Nc1ncc(Cc2ccc(C)c(F)c2)s1. The summed E-state index contributed by atoms with van der Waals surface area (Å²) in [5, 5.41) is 3.23. The molecule has 3 aromatic rings. The quantitative estimate of drug-likeness (QED) is 0.704. The van der Waals surface area contributed by atoms with Gasteiger partial charge < -0.3 is 4.74 Å². The number of anilines is 1. The van der Waals surface area contributed by atoms with E-state index >= 15 is 0 Å². The molecule has 0 aliphatic heterocycles. The van der Waals surface area contributed by atoms with Crippen LogP contribution in [0.2, 0.25) is 0 Å². The van der Waals surface area contributed by atoms with E-state index in [1.807, 2.05) is 13.0 Å². The zero-order valence-corrected chi connectivity index (χ0v) is 15.3. The lowest BCUT2D eigenvalue weighted by Gasteiger charge is -2.07. The Morgan fingerprint density at radius 2 is 2.15 bits per heavy atom. The second kappa shape index (κ2) is 8.05. The van der Waals surface area contributed by atoms with Gasteiger partial charge in [-0.25, -0.2) is 14.4 Å². The van der Waals surface area contributed by atoms with E-state index in [9.17, 15) is 9.18 Å². The fourth-order valence-corrected chi connectivity index (χ4v) is 3.22. The smallest absolute Gasteiger partial charge is 0.262 e. The normalized spacial score (nSPS) is 10.6. The Morgan fingerprint density at radius 3 is 2.92 bits per heavy atom. The summed E-state index contributed by atoms with van der Waals surface area (Å²) in [6.07, 6.45) is 3.82. The van der Waals surface area contributed by atoms with E-state index in [4.69, 9.17) is 4.74 Å². The number of carbonyl (C=O) groups is 1. The third kappa shape index (κ3) is 4.23. The number of benzene rings is 1. The van der Waals surface area contributed by atoms with Gasteiger partial charge in [0, 0.05) is 23.7 Å². The van der Waals surface area contributed by atoms with Gasteiger partial charge in [-0.3, -0.25) is 10.1 Å². The zero-order chi connectivity index (χ0) is 18.5. The molecule has 1 aromatic carbocycles. The molecular formula is C19H18FN3O2S. The van der Waals surface area contributed by atoms with Gasteiger partial charge >= 0.3 is 0 Å². The topological polar surface area (TPSA) is 64.1 Å².